The van der Waals surface area contributed by atoms with Gasteiger partial charge in [0.15, 0.2) is 5.78 Å². The fourth-order valence-electron chi connectivity index (χ4n) is 1.72. The SMILES string of the molecule is O=C(Cc1cc(F)cc(F)c1)c1cc(F)cc(F)c1. The minimum Gasteiger partial charge on any atom is -0.294 e. The van der Waals surface area contributed by atoms with Gasteiger partial charge in [-0.2, -0.15) is 0 Å². The van der Waals surface area contributed by atoms with E-state index in [1.54, 1.807) is 0 Å². The zero-order valence-electron chi connectivity index (χ0n) is 9.59. The molecule has 2 aromatic rings. The lowest BCUT2D eigenvalue weighted by atomic mass is 10.0. The Balaban J connectivity index is 2.25. The summed E-state index contributed by atoms with van der Waals surface area (Å²) in [6, 6.07) is 5.06. The van der Waals surface area contributed by atoms with Crippen molar-refractivity contribution < 1.29 is 22.4 Å². The van der Waals surface area contributed by atoms with Gasteiger partial charge in [-0.25, -0.2) is 17.6 Å². The van der Waals surface area contributed by atoms with Crippen molar-refractivity contribution in [2.24, 2.45) is 0 Å². The second-order valence-corrected chi connectivity index (χ2v) is 4.04. The molecule has 0 amide bonds. The molecule has 0 aliphatic heterocycles. The van der Waals surface area contributed by atoms with Crippen molar-refractivity contribution in [1.29, 1.82) is 0 Å². The van der Waals surface area contributed by atoms with Gasteiger partial charge in [0.1, 0.15) is 23.3 Å². The van der Waals surface area contributed by atoms with E-state index in [9.17, 15) is 22.4 Å². The number of ketones is 1. The third kappa shape index (κ3) is 3.40. The summed E-state index contributed by atoms with van der Waals surface area (Å²) < 4.78 is 51.8. The van der Waals surface area contributed by atoms with Crippen LogP contribution in [0, 0.1) is 23.3 Å². The van der Waals surface area contributed by atoms with Gasteiger partial charge in [0, 0.05) is 24.1 Å². The topological polar surface area (TPSA) is 17.1 Å². The molecule has 0 spiro atoms. The minimum atomic E-state index is -0.881. The Morgan fingerprint density at radius 3 is 1.63 bits per heavy atom. The molecule has 0 heterocycles. The molecule has 19 heavy (non-hydrogen) atoms. The summed E-state index contributed by atoms with van der Waals surface area (Å²) >= 11 is 0. The highest BCUT2D eigenvalue weighted by atomic mass is 19.1. The molecule has 0 aromatic heterocycles. The van der Waals surface area contributed by atoms with E-state index in [4.69, 9.17) is 0 Å². The van der Waals surface area contributed by atoms with Crippen LogP contribution in [0.2, 0.25) is 0 Å². The summed E-state index contributed by atoms with van der Waals surface area (Å²) in [5.74, 6) is -4.01. The van der Waals surface area contributed by atoms with Crippen LogP contribution in [-0.2, 0) is 6.42 Å². The van der Waals surface area contributed by atoms with Gasteiger partial charge in [0.25, 0.3) is 0 Å². The van der Waals surface area contributed by atoms with E-state index in [-0.39, 0.29) is 17.5 Å². The Morgan fingerprint density at radius 1 is 0.737 bits per heavy atom. The normalized spacial score (nSPS) is 10.5. The molecule has 0 saturated carbocycles. The number of hydrogen-bond donors (Lipinski definition) is 0. The van der Waals surface area contributed by atoms with Crippen LogP contribution in [0.25, 0.3) is 0 Å². The third-order valence-electron chi connectivity index (χ3n) is 2.47. The van der Waals surface area contributed by atoms with E-state index < -0.39 is 29.1 Å². The first-order valence-electron chi connectivity index (χ1n) is 5.38. The van der Waals surface area contributed by atoms with Gasteiger partial charge >= 0.3 is 0 Å². The zero-order valence-corrected chi connectivity index (χ0v) is 9.59. The number of carbonyl (C=O) groups is 1. The lowest BCUT2D eigenvalue weighted by Gasteiger charge is -2.03. The lowest BCUT2D eigenvalue weighted by molar-refractivity contribution is 0.0992. The monoisotopic (exact) mass is 268 g/mol. The molecule has 0 bridgehead atoms. The number of hydrogen-bond acceptors (Lipinski definition) is 1. The molecule has 5 heteroatoms. The molecule has 0 aliphatic rings. The molecule has 98 valence electrons. The molecular formula is C14H8F4O. The quantitative estimate of drug-likeness (QED) is 0.613. The van der Waals surface area contributed by atoms with Crippen molar-refractivity contribution >= 4 is 5.78 Å². The average molecular weight is 268 g/mol. The molecule has 2 rings (SSSR count). The summed E-state index contributed by atoms with van der Waals surface area (Å²) in [6.45, 7) is 0. The standard InChI is InChI=1S/C14H8F4O/c15-10-1-8(2-11(16)6-10)3-14(19)9-4-12(17)7-13(18)5-9/h1-2,4-7H,3H2. The van der Waals surface area contributed by atoms with Gasteiger partial charge in [0.2, 0.25) is 0 Å². The largest absolute Gasteiger partial charge is 0.294 e. The van der Waals surface area contributed by atoms with Crippen LogP contribution in [0.3, 0.4) is 0 Å². The highest BCUT2D eigenvalue weighted by molar-refractivity contribution is 5.97. The first kappa shape index (κ1) is 13.3. The highest BCUT2D eigenvalue weighted by Gasteiger charge is 2.11. The molecule has 0 radical (unpaired) electrons. The number of Topliss-reactive ketones (excluding diaryl/α,β-unsaturated/α-hetero) is 1. The molecule has 0 unspecified atom stereocenters. The molecule has 0 N–H and O–H groups in total. The van der Waals surface area contributed by atoms with Crippen molar-refractivity contribution in [3.05, 3.63) is 70.8 Å². The van der Waals surface area contributed by atoms with Gasteiger partial charge < -0.3 is 0 Å². The van der Waals surface area contributed by atoms with Crippen LogP contribution in [0.1, 0.15) is 15.9 Å². The van der Waals surface area contributed by atoms with E-state index in [2.05, 4.69) is 0 Å². The predicted molar refractivity (Wildman–Crippen MR) is 60.8 cm³/mol. The minimum absolute atomic E-state index is 0.104. The van der Waals surface area contributed by atoms with Crippen molar-refractivity contribution in [2.45, 2.75) is 6.42 Å². The first-order valence-corrected chi connectivity index (χ1v) is 5.38. The van der Waals surface area contributed by atoms with E-state index in [1.807, 2.05) is 0 Å². The Kier molecular flexibility index (Phi) is 3.64. The van der Waals surface area contributed by atoms with Crippen molar-refractivity contribution in [2.75, 3.05) is 0 Å². The number of carbonyl (C=O) groups excluding carboxylic acids is 1. The van der Waals surface area contributed by atoms with Crippen LogP contribution in [-0.4, -0.2) is 5.78 Å². The summed E-state index contributed by atoms with van der Waals surface area (Å²) in [4.78, 5) is 11.8. The number of benzene rings is 2. The van der Waals surface area contributed by atoms with Crippen LogP contribution in [0.5, 0.6) is 0 Å². The Hall–Kier alpha value is -2.17. The molecule has 0 saturated heterocycles. The maximum Gasteiger partial charge on any atom is 0.167 e. The number of rotatable bonds is 3. The molecule has 0 atom stereocenters. The molecule has 1 nitrogen and oxygen atoms in total. The molecule has 0 aliphatic carbocycles. The van der Waals surface area contributed by atoms with E-state index >= 15 is 0 Å². The summed E-state index contributed by atoms with van der Waals surface area (Å²) in [5, 5.41) is 0. The van der Waals surface area contributed by atoms with Crippen LogP contribution in [0.4, 0.5) is 17.6 Å². The van der Waals surface area contributed by atoms with Gasteiger partial charge in [-0.1, -0.05) is 0 Å². The predicted octanol–water partition coefficient (Wildman–Crippen LogP) is 3.67. The fraction of sp³-hybridized carbons (Fsp3) is 0.0714. The van der Waals surface area contributed by atoms with E-state index in [0.717, 1.165) is 24.3 Å². The highest BCUT2D eigenvalue weighted by Crippen LogP contribution is 2.14. The maximum absolute atomic E-state index is 12.9. The second kappa shape index (κ2) is 5.22. The Bertz CT molecular complexity index is 597. The lowest BCUT2D eigenvalue weighted by Crippen LogP contribution is -2.05. The van der Waals surface area contributed by atoms with Crippen molar-refractivity contribution in [3.8, 4) is 0 Å². The summed E-state index contributed by atoms with van der Waals surface area (Å²) in [6.07, 6.45) is -0.336. The molecule has 2 aromatic carbocycles. The first-order chi connectivity index (χ1) is 8.94. The zero-order chi connectivity index (χ0) is 14.0. The average Bonchev–Trinajstić information content (AvgIpc) is 2.25. The van der Waals surface area contributed by atoms with Gasteiger partial charge in [-0.3, -0.25) is 4.79 Å². The van der Waals surface area contributed by atoms with Crippen LogP contribution >= 0.6 is 0 Å². The van der Waals surface area contributed by atoms with E-state index in [0.29, 0.717) is 12.1 Å². The van der Waals surface area contributed by atoms with Gasteiger partial charge in [0.05, 0.1) is 0 Å². The van der Waals surface area contributed by atoms with Crippen LogP contribution in [0.15, 0.2) is 36.4 Å². The second-order valence-electron chi connectivity index (χ2n) is 4.04. The fourth-order valence-corrected chi connectivity index (χ4v) is 1.72. The molecular weight excluding hydrogens is 260 g/mol. The van der Waals surface area contributed by atoms with Crippen molar-refractivity contribution in [1.82, 2.24) is 0 Å². The maximum atomic E-state index is 12.9. The Morgan fingerprint density at radius 2 is 1.16 bits per heavy atom. The smallest absolute Gasteiger partial charge is 0.167 e. The van der Waals surface area contributed by atoms with Crippen LogP contribution < -0.4 is 0 Å². The van der Waals surface area contributed by atoms with E-state index in [1.165, 1.54) is 0 Å². The van der Waals surface area contributed by atoms with Gasteiger partial charge in [-0.05, 0) is 29.8 Å². The molecule has 0 fully saturated rings. The number of halogens is 4. The summed E-state index contributed by atoms with van der Waals surface area (Å²) in [7, 11) is 0. The third-order valence-corrected chi connectivity index (χ3v) is 2.47. The summed E-state index contributed by atoms with van der Waals surface area (Å²) in [5.41, 5.74) is -0.0747. The Labute approximate surface area is 106 Å². The van der Waals surface area contributed by atoms with Gasteiger partial charge in [-0.15, -0.1) is 0 Å². The van der Waals surface area contributed by atoms with Crippen molar-refractivity contribution in [3.63, 3.8) is 0 Å².